The number of benzene rings is 1. The zero-order chi connectivity index (χ0) is 14.7. The molecule has 5 heteroatoms. The minimum atomic E-state index is -0.234. The predicted octanol–water partition coefficient (Wildman–Crippen LogP) is 3.20. The second-order valence-corrected chi connectivity index (χ2v) is 7.02. The molecular formula is C16H20BrNO3. The first-order valence-corrected chi connectivity index (χ1v) is 8.35. The average Bonchev–Trinajstić information content (AvgIpc) is 2.50. The number of hydrogen-bond donors (Lipinski definition) is 0. The molecule has 1 saturated heterocycles. The Morgan fingerprint density at radius 1 is 1.33 bits per heavy atom. The first-order chi connectivity index (χ1) is 10.2. The maximum atomic E-state index is 12.1. The van der Waals surface area contributed by atoms with Gasteiger partial charge < -0.3 is 14.4 Å². The Bertz CT molecular complexity index is 476. The number of carbonyl (C=O) groups excluding carboxylic acids is 1. The van der Waals surface area contributed by atoms with E-state index in [-0.39, 0.29) is 12.2 Å². The van der Waals surface area contributed by atoms with Crippen LogP contribution in [0.25, 0.3) is 0 Å². The highest BCUT2D eigenvalue weighted by atomic mass is 79.9. The van der Waals surface area contributed by atoms with Crippen molar-refractivity contribution >= 4 is 22.0 Å². The maximum absolute atomic E-state index is 12.1. The Balaban J connectivity index is 1.48. The SMILES string of the molecule is O=C(OCc1ccccc1)N1CCOC(C2CC(Br)C2)C1. The van der Waals surface area contributed by atoms with E-state index in [0.717, 1.165) is 18.4 Å². The van der Waals surface area contributed by atoms with Gasteiger partial charge in [0, 0.05) is 11.4 Å². The van der Waals surface area contributed by atoms with E-state index in [4.69, 9.17) is 9.47 Å². The summed E-state index contributed by atoms with van der Waals surface area (Å²) in [6.45, 7) is 2.20. The van der Waals surface area contributed by atoms with Crippen LogP contribution in [0.1, 0.15) is 18.4 Å². The van der Waals surface area contributed by atoms with Crippen LogP contribution in [0.5, 0.6) is 0 Å². The zero-order valence-corrected chi connectivity index (χ0v) is 13.5. The highest BCUT2D eigenvalue weighted by Crippen LogP contribution is 2.37. The third-order valence-electron chi connectivity index (χ3n) is 4.20. The summed E-state index contributed by atoms with van der Waals surface area (Å²) in [5.41, 5.74) is 1.01. The molecule has 114 valence electrons. The summed E-state index contributed by atoms with van der Waals surface area (Å²) in [6.07, 6.45) is 2.20. The number of amides is 1. The van der Waals surface area contributed by atoms with Crippen LogP contribution in [0.2, 0.25) is 0 Å². The van der Waals surface area contributed by atoms with Gasteiger partial charge in [-0.05, 0) is 24.3 Å². The second-order valence-electron chi connectivity index (χ2n) is 5.72. The van der Waals surface area contributed by atoms with Gasteiger partial charge in [0.2, 0.25) is 0 Å². The molecule has 1 aromatic rings. The smallest absolute Gasteiger partial charge is 0.410 e. The van der Waals surface area contributed by atoms with E-state index in [0.29, 0.717) is 37.0 Å². The number of alkyl halides is 1. The zero-order valence-electron chi connectivity index (χ0n) is 11.9. The number of halogens is 1. The van der Waals surface area contributed by atoms with E-state index in [9.17, 15) is 4.79 Å². The maximum Gasteiger partial charge on any atom is 0.410 e. The molecule has 1 unspecified atom stereocenters. The number of nitrogens with zero attached hydrogens (tertiary/aromatic N) is 1. The van der Waals surface area contributed by atoms with Crippen molar-refractivity contribution in [1.29, 1.82) is 0 Å². The van der Waals surface area contributed by atoms with Gasteiger partial charge in [-0.1, -0.05) is 46.3 Å². The first-order valence-electron chi connectivity index (χ1n) is 7.43. The molecular weight excluding hydrogens is 334 g/mol. The lowest BCUT2D eigenvalue weighted by Gasteiger charge is -2.42. The molecule has 1 aliphatic heterocycles. The van der Waals surface area contributed by atoms with Crippen molar-refractivity contribution in [2.45, 2.75) is 30.4 Å². The summed E-state index contributed by atoms with van der Waals surface area (Å²) < 4.78 is 11.2. The van der Waals surface area contributed by atoms with Crippen molar-refractivity contribution in [3.63, 3.8) is 0 Å². The van der Waals surface area contributed by atoms with Crippen molar-refractivity contribution in [2.75, 3.05) is 19.7 Å². The Morgan fingerprint density at radius 3 is 2.81 bits per heavy atom. The molecule has 0 radical (unpaired) electrons. The van der Waals surface area contributed by atoms with Crippen LogP contribution in [0.4, 0.5) is 4.79 Å². The molecule has 1 saturated carbocycles. The van der Waals surface area contributed by atoms with Crippen molar-refractivity contribution < 1.29 is 14.3 Å². The molecule has 1 heterocycles. The average molecular weight is 354 g/mol. The number of carbonyl (C=O) groups is 1. The molecule has 0 aromatic heterocycles. The number of morpholine rings is 1. The lowest BCUT2D eigenvalue weighted by molar-refractivity contribution is -0.0692. The van der Waals surface area contributed by atoms with E-state index in [1.165, 1.54) is 0 Å². The molecule has 1 aliphatic carbocycles. The first kappa shape index (κ1) is 14.9. The number of rotatable bonds is 3. The van der Waals surface area contributed by atoms with E-state index in [1.54, 1.807) is 4.90 Å². The summed E-state index contributed by atoms with van der Waals surface area (Å²) in [5, 5.41) is 0. The minimum Gasteiger partial charge on any atom is -0.445 e. The molecule has 0 N–H and O–H groups in total. The Hall–Kier alpha value is -1.07. The van der Waals surface area contributed by atoms with Gasteiger partial charge in [0.1, 0.15) is 6.61 Å². The van der Waals surface area contributed by atoms with Crippen molar-refractivity contribution in [3.8, 4) is 0 Å². The molecule has 0 bridgehead atoms. The quantitative estimate of drug-likeness (QED) is 0.783. The van der Waals surface area contributed by atoms with Gasteiger partial charge in [-0.15, -0.1) is 0 Å². The lowest BCUT2D eigenvalue weighted by atomic mass is 9.80. The summed E-state index contributed by atoms with van der Waals surface area (Å²) in [5.74, 6) is 0.569. The fraction of sp³-hybridized carbons (Fsp3) is 0.562. The molecule has 2 fully saturated rings. The van der Waals surface area contributed by atoms with Crippen LogP contribution in [-0.2, 0) is 16.1 Å². The van der Waals surface area contributed by atoms with E-state index >= 15 is 0 Å². The molecule has 0 spiro atoms. The number of hydrogen-bond acceptors (Lipinski definition) is 3. The van der Waals surface area contributed by atoms with E-state index in [2.05, 4.69) is 15.9 Å². The summed E-state index contributed by atoms with van der Waals surface area (Å²) in [4.78, 5) is 14.5. The van der Waals surface area contributed by atoms with Gasteiger partial charge in [-0.25, -0.2) is 4.79 Å². The van der Waals surface area contributed by atoms with Crippen molar-refractivity contribution in [1.82, 2.24) is 4.90 Å². The monoisotopic (exact) mass is 353 g/mol. The Labute approximate surface area is 133 Å². The van der Waals surface area contributed by atoms with E-state index in [1.807, 2.05) is 30.3 Å². The predicted molar refractivity (Wildman–Crippen MR) is 83.4 cm³/mol. The van der Waals surface area contributed by atoms with Crippen LogP contribution in [0.15, 0.2) is 30.3 Å². The second kappa shape index (κ2) is 6.79. The normalized spacial score (nSPS) is 28.8. The molecule has 21 heavy (non-hydrogen) atoms. The largest absolute Gasteiger partial charge is 0.445 e. The van der Waals surface area contributed by atoms with Gasteiger partial charge in [0.15, 0.2) is 0 Å². The molecule has 4 nitrogen and oxygen atoms in total. The van der Waals surface area contributed by atoms with Crippen LogP contribution >= 0.6 is 15.9 Å². The van der Waals surface area contributed by atoms with Crippen LogP contribution in [-0.4, -0.2) is 41.6 Å². The molecule has 1 aromatic carbocycles. The van der Waals surface area contributed by atoms with Gasteiger partial charge in [0.05, 0.1) is 19.3 Å². The molecule has 3 rings (SSSR count). The van der Waals surface area contributed by atoms with Gasteiger partial charge >= 0.3 is 6.09 Å². The molecule has 2 aliphatic rings. The molecule has 1 atom stereocenters. The van der Waals surface area contributed by atoms with Gasteiger partial charge in [-0.2, -0.15) is 0 Å². The lowest BCUT2D eigenvalue weighted by Crippen LogP contribution is -2.51. The molecule has 1 amide bonds. The third kappa shape index (κ3) is 3.77. The highest BCUT2D eigenvalue weighted by Gasteiger charge is 2.37. The van der Waals surface area contributed by atoms with E-state index < -0.39 is 0 Å². The van der Waals surface area contributed by atoms with Crippen LogP contribution in [0, 0.1) is 5.92 Å². The summed E-state index contributed by atoms with van der Waals surface area (Å²) in [6, 6.07) is 9.76. The van der Waals surface area contributed by atoms with Gasteiger partial charge in [0.25, 0.3) is 0 Å². The topological polar surface area (TPSA) is 38.8 Å². The summed E-state index contributed by atoms with van der Waals surface area (Å²) in [7, 11) is 0. The Kier molecular flexibility index (Phi) is 4.80. The standard InChI is InChI=1S/C16H20BrNO3/c17-14-8-13(9-14)15-10-18(6-7-20-15)16(19)21-11-12-4-2-1-3-5-12/h1-5,13-15H,6-11H2. The Morgan fingerprint density at radius 2 is 2.10 bits per heavy atom. The van der Waals surface area contributed by atoms with Crippen LogP contribution < -0.4 is 0 Å². The van der Waals surface area contributed by atoms with Crippen LogP contribution in [0.3, 0.4) is 0 Å². The van der Waals surface area contributed by atoms with Crippen molar-refractivity contribution in [3.05, 3.63) is 35.9 Å². The third-order valence-corrected chi connectivity index (χ3v) is 4.95. The van der Waals surface area contributed by atoms with Gasteiger partial charge in [-0.3, -0.25) is 0 Å². The fourth-order valence-electron chi connectivity index (χ4n) is 2.83. The number of ether oxygens (including phenoxy) is 2. The summed E-state index contributed by atoms with van der Waals surface area (Å²) >= 11 is 3.60. The van der Waals surface area contributed by atoms with Crippen molar-refractivity contribution in [2.24, 2.45) is 5.92 Å². The minimum absolute atomic E-state index is 0.164. The highest BCUT2D eigenvalue weighted by molar-refractivity contribution is 9.09. The fourth-order valence-corrected chi connectivity index (χ4v) is 3.79.